The normalized spacial score (nSPS) is 14.1. The quantitative estimate of drug-likeness (QED) is 0.819. The van der Waals surface area contributed by atoms with E-state index < -0.39 is 11.5 Å². The van der Waals surface area contributed by atoms with E-state index in [-0.39, 0.29) is 29.8 Å². The Morgan fingerprint density at radius 1 is 1.26 bits per heavy atom. The van der Waals surface area contributed by atoms with Crippen LogP contribution < -0.4 is 10.9 Å². The summed E-state index contributed by atoms with van der Waals surface area (Å²) < 4.78 is 6.23. The maximum Gasteiger partial charge on any atom is 0.360 e. The first-order valence-corrected chi connectivity index (χ1v) is 9.19. The van der Waals surface area contributed by atoms with Gasteiger partial charge in [0.25, 0.3) is 5.56 Å². The number of amides is 1. The Labute approximate surface area is 157 Å². The van der Waals surface area contributed by atoms with Gasteiger partial charge < -0.3 is 10.1 Å². The highest BCUT2D eigenvalue weighted by Gasteiger charge is 2.26. The number of carbonyl (C=O) groups excluding carboxylic acids is 2. The fourth-order valence-electron chi connectivity index (χ4n) is 3.30. The van der Waals surface area contributed by atoms with Crippen molar-refractivity contribution in [3.63, 3.8) is 0 Å². The lowest BCUT2D eigenvalue weighted by molar-refractivity contribution is -0.119. The summed E-state index contributed by atoms with van der Waals surface area (Å²) in [5.74, 6) is -0.965. The molecule has 2 aromatic rings. The Bertz CT molecular complexity index is 914. The molecular weight excluding hydrogens is 346 g/mol. The summed E-state index contributed by atoms with van der Waals surface area (Å²) in [5.41, 5.74) is 0.997. The van der Waals surface area contributed by atoms with E-state index in [0.29, 0.717) is 5.69 Å². The van der Waals surface area contributed by atoms with E-state index in [1.165, 1.54) is 6.07 Å². The summed E-state index contributed by atoms with van der Waals surface area (Å²) in [6, 6.07) is 8.47. The first kappa shape index (κ1) is 18.8. The van der Waals surface area contributed by atoms with Crippen LogP contribution in [0.3, 0.4) is 0 Å². The number of anilines is 1. The van der Waals surface area contributed by atoms with Crippen LogP contribution in [-0.4, -0.2) is 28.3 Å². The lowest BCUT2D eigenvalue weighted by Crippen LogP contribution is -2.29. The van der Waals surface area contributed by atoms with Crippen molar-refractivity contribution in [2.45, 2.75) is 39.5 Å². The van der Waals surface area contributed by atoms with Crippen LogP contribution in [0.4, 0.5) is 5.69 Å². The maximum atomic E-state index is 12.6. The van der Waals surface area contributed by atoms with E-state index in [4.69, 9.17) is 4.74 Å². The fraction of sp³-hybridized carbons (Fsp3) is 0.400. The lowest BCUT2D eigenvalue weighted by atomic mass is 10.1. The van der Waals surface area contributed by atoms with Gasteiger partial charge in [-0.05, 0) is 38.3 Å². The predicted molar refractivity (Wildman–Crippen MR) is 101 cm³/mol. The number of carbonyl (C=O) groups is 2. The average molecular weight is 369 g/mol. The van der Waals surface area contributed by atoms with Gasteiger partial charge in [0.15, 0.2) is 5.69 Å². The Morgan fingerprint density at radius 3 is 2.63 bits per heavy atom. The molecular formula is C20H23N3O4. The van der Waals surface area contributed by atoms with Gasteiger partial charge in [0.2, 0.25) is 5.91 Å². The van der Waals surface area contributed by atoms with Crippen molar-refractivity contribution in [3.05, 3.63) is 51.9 Å². The van der Waals surface area contributed by atoms with E-state index in [0.717, 1.165) is 35.9 Å². The number of aromatic nitrogens is 2. The third-order valence-electron chi connectivity index (χ3n) is 4.73. The van der Waals surface area contributed by atoms with Crippen LogP contribution in [0.1, 0.15) is 48.7 Å². The van der Waals surface area contributed by atoms with E-state index in [1.54, 1.807) is 19.1 Å². The molecule has 1 amide bonds. The van der Waals surface area contributed by atoms with Gasteiger partial charge in [-0.2, -0.15) is 9.78 Å². The largest absolute Gasteiger partial charge is 0.461 e. The van der Waals surface area contributed by atoms with E-state index >= 15 is 0 Å². The van der Waals surface area contributed by atoms with Crippen molar-refractivity contribution in [2.24, 2.45) is 5.92 Å². The van der Waals surface area contributed by atoms with Gasteiger partial charge >= 0.3 is 5.97 Å². The maximum absolute atomic E-state index is 12.6. The molecule has 0 atom stereocenters. The summed E-state index contributed by atoms with van der Waals surface area (Å²) in [6.07, 6.45) is 3.65. The fourth-order valence-corrected chi connectivity index (χ4v) is 3.30. The molecule has 7 heteroatoms. The minimum Gasteiger partial charge on any atom is -0.461 e. The smallest absolute Gasteiger partial charge is 0.360 e. The second-order valence-electron chi connectivity index (χ2n) is 6.63. The van der Waals surface area contributed by atoms with Gasteiger partial charge in [0.1, 0.15) is 0 Å². The zero-order chi connectivity index (χ0) is 19.4. The van der Waals surface area contributed by atoms with Crippen molar-refractivity contribution >= 4 is 17.6 Å². The summed E-state index contributed by atoms with van der Waals surface area (Å²) in [6.45, 7) is 3.70. The van der Waals surface area contributed by atoms with Crippen molar-refractivity contribution in [1.82, 2.24) is 9.78 Å². The molecule has 0 unspecified atom stereocenters. The van der Waals surface area contributed by atoms with Crippen molar-refractivity contribution < 1.29 is 14.3 Å². The number of esters is 1. The van der Waals surface area contributed by atoms with Crippen LogP contribution in [0.5, 0.6) is 0 Å². The minimum atomic E-state index is -0.679. The highest BCUT2D eigenvalue weighted by molar-refractivity contribution is 6.00. The number of nitrogens with zero attached hydrogens (tertiary/aromatic N) is 2. The van der Waals surface area contributed by atoms with E-state index in [2.05, 4.69) is 10.4 Å². The first-order chi connectivity index (χ1) is 13.0. The predicted octanol–water partition coefficient (Wildman–Crippen LogP) is 2.85. The number of para-hydroxylation sites is 1. The van der Waals surface area contributed by atoms with Gasteiger partial charge in [-0.1, -0.05) is 31.0 Å². The molecule has 1 saturated carbocycles. The molecule has 0 spiro atoms. The first-order valence-electron chi connectivity index (χ1n) is 9.19. The highest BCUT2D eigenvalue weighted by Crippen LogP contribution is 2.26. The van der Waals surface area contributed by atoms with Gasteiger partial charge in [0, 0.05) is 12.0 Å². The van der Waals surface area contributed by atoms with Crippen LogP contribution in [0.25, 0.3) is 5.69 Å². The third-order valence-corrected chi connectivity index (χ3v) is 4.73. The molecule has 1 aromatic carbocycles. The molecule has 1 fully saturated rings. The Morgan fingerprint density at radius 2 is 1.96 bits per heavy atom. The molecule has 1 aliphatic rings. The van der Waals surface area contributed by atoms with E-state index in [1.807, 2.05) is 19.1 Å². The summed E-state index contributed by atoms with van der Waals surface area (Å²) in [7, 11) is 0. The third kappa shape index (κ3) is 4.07. The number of nitrogens with one attached hydrogen (secondary N) is 1. The minimum absolute atomic E-state index is 0.0777. The Balaban J connectivity index is 2.03. The van der Waals surface area contributed by atoms with Crippen LogP contribution in [0.2, 0.25) is 0 Å². The van der Waals surface area contributed by atoms with Crippen molar-refractivity contribution in [1.29, 1.82) is 0 Å². The lowest BCUT2D eigenvalue weighted by Gasteiger charge is -2.15. The molecule has 0 aliphatic heterocycles. The standard InChI is InChI=1S/C20H23N3O4/c1-3-27-20(26)18-15(21-19(25)14-9-5-6-10-14)12-17(24)23(22-18)16-11-7-4-8-13(16)2/h4,7-8,11-12,14H,3,5-6,9-10H2,1-2H3,(H,21,25). The van der Waals surface area contributed by atoms with Crippen LogP contribution in [0, 0.1) is 12.8 Å². The number of ether oxygens (including phenoxy) is 1. The van der Waals surface area contributed by atoms with Gasteiger partial charge in [-0.15, -0.1) is 0 Å². The molecule has 142 valence electrons. The molecule has 3 rings (SSSR count). The zero-order valence-corrected chi connectivity index (χ0v) is 15.5. The Hall–Kier alpha value is -2.96. The monoisotopic (exact) mass is 369 g/mol. The number of benzene rings is 1. The van der Waals surface area contributed by atoms with E-state index in [9.17, 15) is 14.4 Å². The summed E-state index contributed by atoms with van der Waals surface area (Å²) >= 11 is 0. The molecule has 1 aromatic heterocycles. The summed E-state index contributed by atoms with van der Waals surface area (Å²) in [4.78, 5) is 37.5. The molecule has 1 heterocycles. The van der Waals surface area contributed by atoms with Gasteiger partial charge in [0.05, 0.1) is 18.0 Å². The van der Waals surface area contributed by atoms with Gasteiger partial charge in [-0.3, -0.25) is 9.59 Å². The topological polar surface area (TPSA) is 90.3 Å². The number of hydrogen-bond acceptors (Lipinski definition) is 5. The van der Waals surface area contributed by atoms with Crippen molar-refractivity contribution in [3.8, 4) is 5.69 Å². The molecule has 0 radical (unpaired) electrons. The molecule has 27 heavy (non-hydrogen) atoms. The van der Waals surface area contributed by atoms with Crippen LogP contribution in [0.15, 0.2) is 35.1 Å². The number of hydrogen-bond donors (Lipinski definition) is 1. The molecule has 0 saturated heterocycles. The highest BCUT2D eigenvalue weighted by atomic mass is 16.5. The average Bonchev–Trinajstić information content (AvgIpc) is 3.18. The Kier molecular flexibility index (Phi) is 5.69. The zero-order valence-electron chi connectivity index (χ0n) is 15.5. The SMILES string of the molecule is CCOC(=O)c1nn(-c2ccccc2C)c(=O)cc1NC(=O)C1CCCC1. The molecule has 0 bridgehead atoms. The number of aryl methyl sites for hydroxylation is 1. The molecule has 1 aliphatic carbocycles. The van der Waals surface area contributed by atoms with Crippen LogP contribution in [-0.2, 0) is 9.53 Å². The second kappa shape index (κ2) is 8.16. The second-order valence-corrected chi connectivity index (χ2v) is 6.63. The molecule has 1 N–H and O–H groups in total. The van der Waals surface area contributed by atoms with Gasteiger partial charge in [-0.25, -0.2) is 4.79 Å². The summed E-state index contributed by atoms with van der Waals surface area (Å²) in [5, 5.41) is 6.93. The van der Waals surface area contributed by atoms with Crippen LogP contribution >= 0.6 is 0 Å². The molecule has 7 nitrogen and oxygen atoms in total. The number of rotatable bonds is 5. The van der Waals surface area contributed by atoms with Crippen molar-refractivity contribution in [2.75, 3.05) is 11.9 Å².